The van der Waals surface area contributed by atoms with Crippen molar-refractivity contribution in [2.24, 2.45) is 11.7 Å². The number of hydrogen-bond acceptors (Lipinski definition) is 3. The molecule has 1 aromatic rings. The number of carbonyl (C=O) groups excluding carboxylic acids is 2. The quantitative estimate of drug-likeness (QED) is 0.867. The van der Waals surface area contributed by atoms with Crippen LogP contribution in [0.3, 0.4) is 0 Å². The third kappa shape index (κ3) is 4.63. The summed E-state index contributed by atoms with van der Waals surface area (Å²) in [6, 6.07) is 6.98. The number of likely N-dealkylation sites (tertiary alicyclic amines) is 1. The summed E-state index contributed by atoms with van der Waals surface area (Å²) >= 11 is 5.90. The molecule has 0 aliphatic carbocycles. The normalized spacial score (nSPS) is 18.3. The second-order valence-electron chi connectivity index (χ2n) is 5.17. The van der Waals surface area contributed by atoms with Gasteiger partial charge < -0.3 is 15.4 Å². The van der Waals surface area contributed by atoms with Gasteiger partial charge in [0.15, 0.2) is 0 Å². The molecule has 1 aliphatic heterocycles. The van der Waals surface area contributed by atoms with Gasteiger partial charge in [-0.15, -0.1) is 0 Å². The Morgan fingerprint density at radius 1 is 1.43 bits per heavy atom. The van der Waals surface area contributed by atoms with Crippen molar-refractivity contribution in [1.29, 1.82) is 0 Å². The lowest BCUT2D eigenvalue weighted by atomic mass is 9.98. The van der Waals surface area contributed by atoms with Gasteiger partial charge in [0.05, 0.1) is 12.5 Å². The van der Waals surface area contributed by atoms with Crippen LogP contribution >= 0.6 is 11.6 Å². The molecule has 5 nitrogen and oxygen atoms in total. The Morgan fingerprint density at radius 2 is 2.24 bits per heavy atom. The third-order valence-electron chi connectivity index (χ3n) is 3.59. The Morgan fingerprint density at radius 3 is 2.95 bits per heavy atom. The number of amides is 2. The van der Waals surface area contributed by atoms with Gasteiger partial charge in [0.1, 0.15) is 0 Å². The van der Waals surface area contributed by atoms with E-state index < -0.39 is 6.03 Å². The van der Waals surface area contributed by atoms with Gasteiger partial charge >= 0.3 is 12.0 Å². The van der Waals surface area contributed by atoms with Crippen molar-refractivity contribution in [3.63, 3.8) is 0 Å². The van der Waals surface area contributed by atoms with Gasteiger partial charge in [0, 0.05) is 24.5 Å². The molecule has 0 radical (unpaired) electrons. The predicted octanol–water partition coefficient (Wildman–Crippen LogP) is 2.22. The fourth-order valence-corrected chi connectivity index (χ4v) is 2.66. The lowest BCUT2D eigenvalue weighted by Crippen LogP contribution is -2.45. The van der Waals surface area contributed by atoms with Crippen LogP contribution in [0.5, 0.6) is 0 Å². The Bertz CT molecular complexity index is 521. The molecule has 1 saturated heterocycles. The van der Waals surface area contributed by atoms with E-state index in [0.717, 1.165) is 18.4 Å². The maximum absolute atomic E-state index is 12.0. The summed E-state index contributed by atoms with van der Waals surface area (Å²) in [6.07, 6.45) is 2.13. The van der Waals surface area contributed by atoms with E-state index in [1.54, 1.807) is 6.07 Å². The smallest absolute Gasteiger partial charge is 0.314 e. The van der Waals surface area contributed by atoms with Crippen LogP contribution < -0.4 is 5.73 Å². The molecule has 0 aromatic heterocycles. The number of rotatable bonds is 4. The number of piperidine rings is 1. The number of benzene rings is 1. The lowest BCUT2D eigenvalue weighted by Gasteiger charge is -2.30. The first-order chi connectivity index (χ1) is 10.1. The average Bonchev–Trinajstić information content (AvgIpc) is 2.47. The lowest BCUT2D eigenvalue weighted by molar-refractivity contribution is -0.149. The predicted molar refractivity (Wildman–Crippen MR) is 80.0 cm³/mol. The monoisotopic (exact) mass is 310 g/mol. The highest BCUT2D eigenvalue weighted by molar-refractivity contribution is 6.30. The van der Waals surface area contributed by atoms with Crippen LogP contribution in [-0.4, -0.2) is 36.6 Å². The van der Waals surface area contributed by atoms with Crippen LogP contribution in [0.2, 0.25) is 5.02 Å². The van der Waals surface area contributed by atoms with E-state index in [0.29, 0.717) is 31.1 Å². The first kappa shape index (κ1) is 15.6. The highest BCUT2D eigenvalue weighted by atomic mass is 35.5. The maximum Gasteiger partial charge on any atom is 0.314 e. The van der Waals surface area contributed by atoms with E-state index in [4.69, 9.17) is 22.1 Å². The minimum Gasteiger partial charge on any atom is -0.465 e. The van der Waals surface area contributed by atoms with Gasteiger partial charge in [0.2, 0.25) is 0 Å². The van der Waals surface area contributed by atoms with Gasteiger partial charge in [-0.3, -0.25) is 4.79 Å². The topological polar surface area (TPSA) is 72.6 Å². The zero-order chi connectivity index (χ0) is 15.2. The van der Waals surface area contributed by atoms with Crippen molar-refractivity contribution in [3.8, 4) is 0 Å². The van der Waals surface area contributed by atoms with Crippen molar-refractivity contribution < 1.29 is 14.3 Å². The van der Waals surface area contributed by atoms with Crippen LogP contribution in [0.15, 0.2) is 24.3 Å². The number of nitrogens with zero attached hydrogens (tertiary/aromatic N) is 1. The number of carbonyl (C=O) groups is 2. The number of urea groups is 1. The molecule has 0 bridgehead atoms. The molecule has 1 heterocycles. The zero-order valence-corrected chi connectivity index (χ0v) is 12.5. The highest BCUT2D eigenvalue weighted by Crippen LogP contribution is 2.18. The van der Waals surface area contributed by atoms with E-state index in [2.05, 4.69) is 0 Å². The molecule has 0 saturated carbocycles. The molecular weight excluding hydrogens is 292 g/mol. The van der Waals surface area contributed by atoms with Gasteiger partial charge in [-0.25, -0.2) is 4.79 Å². The second kappa shape index (κ2) is 7.31. The molecule has 114 valence electrons. The molecule has 21 heavy (non-hydrogen) atoms. The van der Waals surface area contributed by atoms with Crippen LogP contribution in [0.1, 0.15) is 18.4 Å². The van der Waals surface area contributed by atoms with Crippen LogP contribution in [0.25, 0.3) is 0 Å². The molecule has 0 unspecified atom stereocenters. The number of nitrogens with two attached hydrogens (primary N) is 1. The Labute approximate surface area is 129 Å². The van der Waals surface area contributed by atoms with E-state index in [-0.39, 0.29) is 11.9 Å². The molecule has 1 aliphatic rings. The molecule has 2 rings (SSSR count). The summed E-state index contributed by atoms with van der Waals surface area (Å²) in [5.41, 5.74) is 6.27. The van der Waals surface area contributed by atoms with Gasteiger partial charge in [-0.2, -0.15) is 0 Å². The summed E-state index contributed by atoms with van der Waals surface area (Å²) in [5.74, 6) is -0.534. The van der Waals surface area contributed by atoms with Gasteiger partial charge in [0.25, 0.3) is 0 Å². The first-order valence-corrected chi connectivity index (χ1v) is 7.39. The van der Waals surface area contributed by atoms with Crippen molar-refractivity contribution in [2.75, 3.05) is 19.7 Å². The Kier molecular flexibility index (Phi) is 5.44. The maximum atomic E-state index is 12.0. The second-order valence-corrected chi connectivity index (χ2v) is 5.61. The number of hydrogen-bond donors (Lipinski definition) is 1. The summed E-state index contributed by atoms with van der Waals surface area (Å²) in [5, 5.41) is 0.670. The number of esters is 1. The average molecular weight is 311 g/mol. The summed E-state index contributed by atoms with van der Waals surface area (Å²) in [6.45, 7) is 1.28. The molecule has 6 heteroatoms. The van der Waals surface area contributed by atoms with Crippen LogP contribution in [-0.2, 0) is 16.0 Å². The number of halogens is 1. The van der Waals surface area contributed by atoms with Gasteiger partial charge in [-0.05, 0) is 30.5 Å². The minimum absolute atomic E-state index is 0.261. The van der Waals surface area contributed by atoms with E-state index in [1.165, 1.54) is 4.90 Å². The highest BCUT2D eigenvalue weighted by Gasteiger charge is 2.28. The number of primary amides is 1. The van der Waals surface area contributed by atoms with E-state index in [1.807, 2.05) is 18.2 Å². The largest absolute Gasteiger partial charge is 0.465 e. The Balaban J connectivity index is 1.78. The summed E-state index contributed by atoms with van der Waals surface area (Å²) in [4.78, 5) is 24.6. The van der Waals surface area contributed by atoms with E-state index in [9.17, 15) is 9.59 Å². The van der Waals surface area contributed by atoms with E-state index >= 15 is 0 Å². The SMILES string of the molecule is NC(=O)N1CCC[C@H](C(=O)OCCc2cccc(Cl)c2)C1. The summed E-state index contributed by atoms with van der Waals surface area (Å²) in [7, 11) is 0. The van der Waals surface area contributed by atoms with Crippen molar-refractivity contribution in [2.45, 2.75) is 19.3 Å². The first-order valence-electron chi connectivity index (χ1n) is 7.01. The molecule has 1 aromatic carbocycles. The molecule has 1 fully saturated rings. The molecule has 0 spiro atoms. The minimum atomic E-state index is -0.480. The third-order valence-corrected chi connectivity index (χ3v) is 3.83. The fourth-order valence-electron chi connectivity index (χ4n) is 2.45. The standard InChI is InChI=1S/C15H19ClN2O3/c16-13-5-1-3-11(9-13)6-8-21-14(19)12-4-2-7-18(10-12)15(17)20/h1,3,5,9,12H,2,4,6-8,10H2,(H2,17,20)/t12-/m0/s1. The van der Waals surface area contributed by atoms with Crippen LogP contribution in [0, 0.1) is 5.92 Å². The fraction of sp³-hybridized carbons (Fsp3) is 0.467. The number of ether oxygens (including phenoxy) is 1. The van der Waals surface area contributed by atoms with Crippen molar-refractivity contribution in [1.82, 2.24) is 4.90 Å². The molecular formula is C15H19ClN2O3. The zero-order valence-electron chi connectivity index (χ0n) is 11.8. The summed E-state index contributed by atoms with van der Waals surface area (Å²) < 4.78 is 5.29. The Hall–Kier alpha value is -1.75. The van der Waals surface area contributed by atoms with Crippen molar-refractivity contribution >= 4 is 23.6 Å². The van der Waals surface area contributed by atoms with Crippen molar-refractivity contribution in [3.05, 3.63) is 34.9 Å². The molecule has 2 N–H and O–H groups in total. The molecule has 1 atom stereocenters. The molecule has 2 amide bonds. The van der Waals surface area contributed by atoms with Gasteiger partial charge in [-0.1, -0.05) is 23.7 Å². The van der Waals surface area contributed by atoms with Crippen LogP contribution in [0.4, 0.5) is 4.79 Å².